The predicted octanol–water partition coefficient (Wildman–Crippen LogP) is -1.26. The maximum Gasteiger partial charge on any atom is 0.326 e. The van der Waals surface area contributed by atoms with E-state index in [1.54, 1.807) is 48.6 Å². The quantitative estimate of drug-likeness (QED) is 0.228. The van der Waals surface area contributed by atoms with Gasteiger partial charge in [-0.2, -0.15) is 14.6 Å². The molecule has 0 aliphatic carbocycles. The molecule has 0 radical (unpaired) electrons. The second kappa shape index (κ2) is 7.70. The van der Waals surface area contributed by atoms with Gasteiger partial charge in [0.05, 0.1) is 11.6 Å². The molecule has 0 fully saturated rings. The van der Waals surface area contributed by atoms with Crippen molar-refractivity contribution in [2.24, 2.45) is 14.1 Å². The topological polar surface area (TPSA) is 119 Å². The minimum Gasteiger partial charge on any atom is -1.00 e. The molecule has 0 spiro atoms. The van der Waals surface area contributed by atoms with E-state index in [4.69, 9.17) is 4.42 Å². The summed E-state index contributed by atoms with van der Waals surface area (Å²) in [6.07, 6.45) is 7.00. The van der Waals surface area contributed by atoms with Crippen molar-refractivity contribution >= 4 is 34.3 Å². The zero-order chi connectivity index (χ0) is 20.0. The van der Waals surface area contributed by atoms with Gasteiger partial charge in [0.2, 0.25) is 11.8 Å². The van der Waals surface area contributed by atoms with Crippen molar-refractivity contribution in [1.82, 2.24) is 29.4 Å². The van der Waals surface area contributed by atoms with Gasteiger partial charge >= 0.3 is 6.03 Å². The predicted molar refractivity (Wildman–Crippen MR) is 103 cm³/mol. The van der Waals surface area contributed by atoms with E-state index in [0.29, 0.717) is 34.0 Å². The molecule has 11 nitrogen and oxygen atoms in total. The van der Waals surface area contributed by atoms with Crippen LogP contribution in [-0.2, 0) is 14.1 Å². The third kappa shape index (κ3) is 3.56. The number of amides is 2. The smallest absolute Gasteiger partial charge is 0.326 e. The van der Waals surface area contributed by atoms with Crippen LogP contribution in [0.4, 0.5) is 16.4 Å². The number of furan rings is 1. The Morgan fingerprint density at radius 1 is 1.17 bits per heavy atom. The zero-order valence-electron chi connectivity index (χ0n) is 15.9. The van der Waals surface area contributed by atoms with Gasteiger partial charge in [-0.3, -0.25) is 10.00 Å². The SMILES string of the molecule is Cn1cc2c(nc(NC(=O)Nc3ccc[n+](C)c3)n3nc(-c4ccco4)nc23)n1.[I-]. The summed E-state index contributed by atoms with van der Waals surface area (Å²) in [6.45, 7) is 0. The first-order valence-corrected chi connectivity index (χ1v) is 8.74. The summed E-state index contributed by atoms with van der Waals surface area (Å²) in [5, 5.41) is 15.0. The molecular formula is C18H16IN9O2. The Morgan fingerprint density at radius 2 is 2.03 bits per heavy atom. The van der Waals surface area contributed by atoms with Crippen molar-refractivity contribution in [3.8, 4) is 11.6 Å². The lowest BCUT2D eigenvalue weighted by Crippen LogP contribution is -3.00. The average Bonchev–Trinajstić information content (AvgIpc) is 3.40. The van der Waals surface area contributed by atoms with E-state index >= 15 is 0 Å². The number of pyridine rings is 1. The molecule has 5 aromatic heterocycles. The van der Waals surface area contributed by atoms with Gasteiger partial charge < -0.3 is 33.7 Å². The fraction of sp³-hybridized carbons (Fsp3) is 0.111. The largest absolute Gasteiger partial charge is 1.00 e. The number of aromatic nitrogens is 7. The number of anilines is 2. The molecule has 0 atom stereocenters. The van der Waals surface area contributed by atoms with Crippen molar-refractivity contribution in [2.75, 3.05) is 10.6 Å². The third-order valence-corrected chi connectivity index (χ3v) is 4.23. The van der Waals surface area contributed by atoms with E-state index in [1.807, 2.05) is 23.9 Å². The summed E-state index contributed by atoms with van der Waals surface area (Å²) >= 11 is 0. The molecule has 0 saturated carbocycles. The van der Waals surface area contributed by atoms with Crippen LogP contribution in [0.15, 0.2) is 53.5 Å². The summed E-state index contributed by atoms with van der Waals surface area (Å²) in [4.78, 5) is 21.5. The van der Waals surface area contributed by atoms with Crippen LogP contribution < -0.4 is 39.2 Å². The highest BCUT2D eigenvalue weighted by atomic mass is 127. The van der Waals surface area contributed by atoms with E-state index in [-0.39, 0.29) is 29.9 Å². The average molecular weight is 517 g/mol. The molecule has 0 bridgehead atoms. The number of carbonyl (C=O) groups is 1. The van der Waals surface area contributed by atoms with Gasteiger partial charge in [-0.15, -0.1) is 5.10 Å². The normalized spacial score (nSPS) is 10.9. The lowest BCUT2D eigenvalue weighted by Gasteiger charge is -2.07. The lowest BCUT2D eigenvalue weighted by molar-refractivity contribution is -0.670. The van der Waals surface area contributed by atoms with Gasteiger partial charge in [0.25, 0.3) is 0 Å². The van der Waals surface area contributed by atoms with Gasteiger partial charge in [0.15, 0.2) is 29.4 Å². The monoisotopic (exact) mass is 517 g/mol. The van der Waals surface area contributed by atoms with Crippen LogP contribution in [0.2, 0.25) is 0 Å². The number of fused-ring (bicyclic) bond motifs is 3. The van der Waals surface area contributed by atoms with Crippen molar-refractivity contribution in [3.63, 3.8) is 0 Å². The second-order valence-corrected chi connectivity index (χ2v) is 6.46. The summed E-state index contributed by atoms with van der Waals surface area (Å²) in [5.41, 5.74) is 1.59. The van der Waals surface area contributed by atoms with Gasteiger partial charge in [-0.25, -0.2) is 14.3 Å². The first-order valence-electron chi connectivity index (χ1n) is 8.74. The Labute approximate surface area is 186 Å². The highest BCUT2D eigenvalue weighted by Gasteiger charge is 2.19. The summed E-state index contributed by atoms with van der Waals surface area (Å²) in [7, 11) is 3.66. The number of carbonyl (C=O) groups excluding carboxylic acids is 1. The first-order chi connectivity index (χ1) is 14.1. The van der Waals surface area contributed by atoms with Crippen LogP contribution in [0.1, 0.15) is 0 Å². The molecule has 30 heavy (non-hydrogen) atoms. The number of aryl methyl sites for hydroxylation is 2. The highest BCUT2D eigenvalue weighted by molar-refractivity contribution is 6.00. The molecule has 2 amide bonds. The lowest BCUT2D eigenvalue weighted by atomic mass is 10.4. The molecule has 0 aliphatic rings. The van der Waals surface area contributed by atoms with Crippen molar-refractivity contribution in [1.29, 1.82) is 0 Å². The second-order valence-electron chi connectivity index (χ2n) is 6.46. The van der Waals surface area contributed by atoms with Crippen LogP contribution >= 0.6 is 0 Å². The molecule has 5 rings (SSSR count). The number of urea groups is 1. The molecular weight excluding hydrogens is 501 g/mol. The highest BCUT2D eigenvalue weighted by Crippen LogP contribution is 2.23. The van der Waals surface area contributed by atoms with Crippen molar-refractivity contribution < 1.29 is 37.8 Å². The van der Waals surface area contributed by atoms with Gasteiger partial charge in [0, 0.05) is 19.3 Å². The first kappa shape index (κ1) is 19.8. The maximum absolute atomic E-state index is 12.5. The van der Waals surface area contributed by atoms with Crippen LogP contribution in [-0.4, -0.2) is 35.4 Å². The van der Waals surface area contributed by atoms with E-state index in [1.165, 1.54) is 4.52 Å². The third-order valence-electron chi connectivity index (χ3n) is 4.23. The number of nitrogens with zero attached hydrogens (tertiary/aromatic N) is 7. The molecule has 12 heteroatoms. The molecule has 5 aromatic rings. The summed E-state index contributed by atoms with van der Waals surface area (Å²) in [6, 6.07) is 6.67. The summed E-state index contributed by atoms with van der Waals surface area (Å²) < 4.78 is 10.3. The van der Waals surface area contributed by atoms with Gasteiger partial charge in [0.1, 0.15) is 12.7 Å². The van der Waals surface area contributed by atoms with E-state index in [9.17, 15) is 4.79 Å². The number of halogens is 1. The van der Waals surface area contributed by atoms with Gasteiger partial charge in [-0.1, -0.05) is 0 Å². The number of hydrogen-bond acceptors (Lipinski definition) is 6. The minimum atomic E-state index is -0.463. The van der Waals surface area contributed by atoms with Crippen molar-refractivity contribution in [2.45, 2.75) is 0 Å². The molecule has 2 N–H and O–H groups in total. The Hall–Kier alpha value is -3.55. The van der Waals surface area contributed by atoms with Crippen LogP contribution in [0.3, 0.4) is 0 Å². The Balaban J connectivity index is 0.00000218. The standard InChI is InChI=1S/C18H15N9O2.HI/c1-25-7-3-5-11(9-25)19-18(28)22-17-21-14-12(10-26(2)23-14)16-20-15(24-27(16)17)13-6-4-8-29-13;/h3-10H,1-2H3,(H-,19,21,22,23,28);1H. The van der Waals surface area contributed by atoms with Gasteiger partial charge in [-0.05, 0) is 18.2 Å². The molecule has 5 heterocycles. The molecule has 152 valence electrons. The van der Waals surface area contributed by atoms with Crippen LogP contribution in [0.25, 0.3) is 28.3 Å². The molecule has 0 unspecified atom stereocenters. The van der Waals surface area contributed by atoms with Crippen LogP contribution in [0.5, 0.6) is 0 Å². The van der Waals surface area contributed by atoms with E-state index in [2.05, 4.69) is 30.8 Å². The van der Waals surface area contributed by atoms with Crippen LogP contribution in [0, 0.1) is 0 Å². The summed E-state index contributed by atoms with van der Waals surface area (Å²) in [5.74, 6) is 1.08. The fourth-order valence-corrected chi connectivity index (χ4v) is 3.02. The van der Waals surface area contributed by atoms with E-state index < -0.39 is 6.03 Å². The molecule has 0 aliphatic heterocycles. The molecule has 0 aromatic carbocycles. The number of rotatable bonds is 3. The van der Waals surface area contributed by atoms with Crippen molar-refractivity contribution in [3.05, 3.63) is 49.1 Å². The maximum atomic E-state index is 12.5. The number of nitrogens with one attached hydrogen (secondary N) is 2. The Morgan fingerprint density at radius 3 is 2.80 bits per heavy atom. The fourth-order valence-electron chi connectivity index (χ4n) is 3.02. The Bertz CT molecular complexity index is 1360. The molecule has 0 saturated heterocycles. The number of hydrogen-bond donors (Lipinski definition) is 2. The van der Waals surface area contributed by atoms with E-state index in [0.717, 1.165) is 0 Å². The Kier molecular flexibility index (Phi) is 5.07. The minimum absolute atomic E-state index is 0. The zero-order valence-corrected chi connectivity index (χ0v) is 18.1.